The minimum atomic E-state index is 0.398. The SMILES string of the molecule is Cc1ccc2sc(NC(C)Cc3ccc(C)s3)nc2c1. The lowest BCUT2D eigenvalue weighted by molar-refractivity contribution is 0.799. The lowest BCUT2D eigenvalue weighted by atomic mass is 10.2. The molecule has 104 valence electrons. The quantitative estimate of drug-likeness (QED) is 0.732. The molecular formula is C16H18N2S2. The maximum atomic E-state index is 4.67. The molecule has 1 atom stereocenters. The van der Waals surface area contributed by atoms with E-state index in [1.165, 1.54) is 20.0 Å². The molecule has 0 spiro atoms. The third-order valence-corrected chi connectivity index (χ3v) is 5.21. The summed E-state index contributed by atoms with van der Waals surface area (Å²) in [6.07, 6.45) is 1.05. The van der Waals surface area contributed by atoms with E-state index in [1.807, 2.05) is 11.3 Å². The van der Waals surface area contributed by atoms with Crippen LogP contribution in [-0.4, -0.2) is 11.0 Å². The zero-order valence-electron chi connectivity index (χ0n) is 11.9. The Morgan fingerprint density at radius 3 is 2.75 bits per heavy atom. The van der Waals surface area contributed by atoms with E-state index >= 15 is 0 Å². The minimum absolute atomic E-state index is 0.398. The van der Waals surface area contributed by atoms with Crippen LogP contribution in [0, 0.1) is 13.8 Å². The van der Waals surface area contributed by atoms with Crippen molar-refractivity contribution in [3.63, 3.8) is 0 Å². The molecule has 0 amide bonds. The smallest absolute Gasteiger partial charge is 0.184 e. The molecule has 2 heterocycles. The molecule has 0 aliphatic heterocycles. The molecule has 0 saturated carbocycles. The van der Waals surface area contributed by atoms with Gasteiger partial charge in [0.2, 0.25) is 0 Å². The van der Waals surface area contributed by atoms with E-state index in [1.54, 1.807) is 11.3 Å². The Balaban J connectivity index is 1.72. The monoisotopic (exact) mass is 302 g/mol. The van der Waals surface area contributed by atoms with Gasteiger partial charge >= 0.3 is 0 Å². The number of rotatable bonds is 4. The average Bonchev–Trinajstić information content (AvgIpc) is 2.94. The van der Waals surface area contributed by atoms with Crippen molar-refractivity contribution in [3.8, 4) is 0 Å². The fourth-order valence-corrected chi connectivity index (χ4v) is 4.23. The van der Waals surface area contributed by atoms with Crippen LogP contribution in [0.1, 0.15) is 22.2 Å². The van der Waals surface area contributed by atoms with Gasteiger partial charge in [-0.25, -0.2) is 4.98 Å². The van der Waals surface area contributed by atoms with Gasteiger partial charge < -0.3 is 5.32 Å². The number of aromatic nitrogens is 1. The number of thiazole rings is 1. The second kappa shape index (κ2) is 5.54. The molecule has 0 aliphatic rings. The van der Waals surface area contributed by atoms with Gasteiger partial charge in [-0.1, -0.05) is 17.4 Å². The number of fused-ring (bicyclic) bond motifs is 1. The molecule has 1 aromatic carbocycles. The van der Waals surface area contributed by atoms with Crippen LogP contribution in [-0.2, 0) is 6.42 Å². The lowest BCUT2D eigenvalue weighted by Crippen LogP contribution is -2.17. The molecule has 1 unspecified atom stereocenters. The van der Waals surface area contributed by atoms with Crippen molar-refractivity contribution in [3.05, 3.63) is 45.6 Å². The summed E-state index contributed by atoms with van der Waals surface area (Å²) in [6, 6.07) is 11.2. The number of hydrogen-bond acceptors (Lipinski definition) is 4. The molecule has 0 bridgehead atoms. The summed E-state index contributed by atoms with van der Waals surface area (Å²) < 4.78 is 1.25. The Morgan fingerprint density at radius 1 is 1.15 bits per heavy atom. The number of nitrogens with zero attached hydrogens (tertiary/aromatic N) is 1. The molecule has 4 heteroatoms. The standard InChI is InChI=1S/C16H18N2S2/c1-10-4-7-15-14(8-10)18-16(20-15)17-11(2)9-13-6-5-12(3)19-13/h4-8,11H,9H2,1-3H3,(H,17,18). The third kappa shape index (κ3) is 3.02. The molecule has 0 fully saturated rings. The predicted octanol–water partition coefficient (Wildman–Crippen LogP) is 5.02. The first-order chi connectivity index (χ1) is 9.60. The minimum Gasteiger partial charge on any atom is -0.359 e. The van der Waals surface area contributed by atoms with Crippen molar-refractivity contribution >= 4 is 38.0 Å². The highest BCUT2D eigenvalue weighted by Gasteiger charge is 2.09. The molecule has 1 N–H and O–H groups in total. The molecule has 20 heavy (non-hydrogen) atoms. The Morgan fingerprint density at radius 2 is 2.00 bits per heavy atom. The first-order valence-corrected chi connectivity index (χ1v) is 8.42. The van der Waals surface area contributed by atoms with E-state index in [0.29, 0.717) is 6.04 Å². The van der Waals surface area contributed by atoms with Crippen LogP contribution in [0.4, 0.5) is 5.13 Å². The average molecular weight is 302 g/mol. The summed E-state index contributed by atoms with van der Waals surface area (Å²) in [6.45, 7) is 6.47. The van der Waals surface area contributed by atoms with Crippen LogP contribution >= 0.6 is 22.7 Å². The van der Waals surface area contributed by atoms with Gasteiger partial charge in [0.25, 0.3) is 0 Å². The van der Waals surface area contributed by atoms with E-state index in [2.05, 4.69) is 61.4 Å². The summed E-state index contributed by atoms with van der Waals surface area (Å²) >= 11 is 3.61. The van der Waals surface area contributed by atoms with Gasteiger partial charge in [0.1, 0.15) is 0 Å². The molecule has 0 aliphatic carbocycles. The molecular weight excluding hydrogens is 284 g/mol. The van der Waals surface area contributed by atoms with Crippen molar-refractivity contribution < 1.29 is 0 Å². The first kappa shape index (κ1) is 13.6. The largest absolute Gasteiger partial charge is 0.359 e. The van der Waals surface area contributed by atoms with Crippen molar-refractivity contribution in [2.45, 2.75) is 33.2 Å². The van der Waals surface area contributed by atoms with Gasteiger partial charge in [0, 0.05) is 22.2 Å². The van der Waals surface area contributed by atoms with E-state index in [0.717, 1.165) is 17.1 Å². The van der Waals surface area contributed by atoms with Crippen LogP contribution in [0.3, 0.4) is 0 Å². The maximum Gasteiger partial charge on any atom is 0.184 e. The zero-order valence-corrected chi connectivity index (χ0v) is 13.6. The van der Waals surface area contributed by atoms with E-state index in [4.69, 9.17) is 0 Å². The van der Waals surface area contributed by atoms with Crippen LogP contribution in [0.25, 0.3) is 10.2 Å². The molecule has 3 rings (SSSR count). The van der Waals surface area contributed by atoms with E-state index in [9.17, 15) is 0 Å². The predicted molar refractivity (Wildman–Crippen MR) is 90.2 cm³/mol. The Labute approximate surface area is 127 Å². The number of thiophene rings is 1. The highest BCUT2D eigenvalue weighted by Crippen LogP contribution is 2.27. The normalized spacial score (nSPS) is 12.8. The van der Waals surface area contributed by atoms with Crippen molar-refractivity contribution in [2.24, 2.45) is 0 Å². The lowest BCUT2D eigenvalue weighted by Gasteiger charge is -2.11. The van der Waals surface area contributed by atoms with Crippen molar-refractivity contribution in [2.75, 3.05) is 5.32 Å². The Kier molecular flexibility index (Phi) is 3.76. The number of aryl methyl sites for hydroxylation is 2. The van der Waals surface area contributed by atoms with Gasteiger partial charge in [-0.15, -0.1) is 11.3 Å². The third-order valence-electron chi connectivity index (χ3n) is 3.22. The highest BCUT2D eigenvalue weighted by molar-refractivity contribution is 7.22. The van der Waals surface area contributed by atoms with E-state index in [-0.39, 0.29) is 0 Å². The van der Waals surface area contributed by atoms with Gasteiger partial charge in [-0.05, 0) is 50.6 Å². The number of benzene rings is 1. The van der Waals surface area contributed by atoms with Crippen LogP contribution in [0.5, 0.6) is 0 Å². The first-order valence-electron chi connectivity index (χ1n) is 6.79. The molecule has 2 aromatic heterocycles. The van der Waals surface area contributed by atoms with Gasteiger partial charge in [-0.2, -0.15) is 0 Å². The topological polar surface area (TPSA) is 24.9 Å². The summed E-state index contributed by atoms with van der Waals surface area (Å²) in [5, 5.41) is 4.54. The number of nitrogens with one attached hydrogen (secondary N) is 1. The molecule has 0 radical (unpaired) electrons. The fourth-order valence-electron chi connectivity index (χ4n) is 2.26. The second-order valence-corrected chi connectivity index (χ2v) is 7.66. The van der Waals surface area contributed by atoms with Crippen LogP contribution < -0.4 is 5.32 Å². The van der Waals surface area contributed by atoms with Crippen molar-refractivity contribution in [1.29, 1.82) is 0 Å². The molecule has 0 saturated heterocycles. The fraction of sp³-hybridized carbons (Fsp3) is 0.312. The summed E-state index contributed by atoms with van der Waals surface area (Å²) in [4.78, 5) is 7.48. The Bertz CT molecular complexity index is 727. The Hall–Kier alpha value is -1.39. The molecule has 3 aromatic rings. The summed E-state index contributed by atoms with van der Waals surface area (Å²) in [7, 11) is 0. The van der Waals surface area contributed by atoms with Gasteiger partial charge in [-0.3, -0.25) is 0 Å². The second-order valence-electron chi connectivity index (χ2n) is 5.25. The maximum absolute atomic E-state index is 4.67. The van der Waals surface area contributed by atoms with Gasteiger partial charge in [0.15, 0.2) is 5.13 Å². The molecule has 2 nitrogen and oxygen atoms in total. The zero-order chi connectivity index (χ0) is 14.1. The van der Waals surface area contributed by atoms with Crippen molar-refractivity contribution in [1.82, 2.24) is 4.98 Å². The van der Waals surface area contributed by atoms with E-state index < -0.39 is 0 Å². The summed E-state index contributed by atoms with van der Waals surface area (Å²) in [5.74, 6) is 0. The number of hydrogen-bond donors (Lipinski definition) is 1. The number of anilines is 1. The van der Waals surface area contributed by atoms with Crippen LogP contribution in [0.15, 0.2) is 30.3 Å². The summed E-state index contributed by atoms with van der Waals surface area (Å²) in [5.41, 5.74) is 2.35. The van der Waals surface area contributed by atoms with Gasteiger partial charge in [0.05, 0.1) is 10.2 Å². The van der Waals surface area contributed by atoms with Crippen LogP contribution in [0.2, 0.25) is 0 Å². The highest BCUT2D eigenvalue weighted by atomic mass is 32.1.